The third-order valence-corrected chi connectivity index (χ3v) is 2.84. The number of rotatable bonds is 3. The Morgan fingerprint density at radius 2 is 2.06 bits per heavy atom. The molecule has 1 aromatic carbocycles. The van der Waals surface area contributed by atoms with Gasteiger partial charge in [0, 0.05) is 0 Å². The van der Waals surface area contributed by atoms with Gasteiger partial charge >= 0.3 is 0 Å². The lowest BCUT2D eigenvalue weighted by Crippen LogP contribution is -2.13. The molecule has 0 aliphatic rings. The second kappa shape index (κ2) is 5.05. The number of hydrogen-bond donors (Lipinski definition) is 2. The van der Waals surface area contributed by atoms with Gasteiger partial charge in [0.05, 0.1) is 16.4 Å². The molecule has 1 aromatic heterocycles. The van der Waals surface area contributed by atoms with Crippen molar-refractivity contribution in [1.82, 2.24) is 4.98 Å². The summed E-state index contributed by atoms with van der Waals surface area (Å²) in [5.74, 6) is 0.0257. The van der Waals surface area contributed by atoms with Crippen LogP contribution in [0, 0.1) is 0 Å². The molecule has 1 heterocycles. The fraction of sp³-hybridized carbons (Fsp3) is 0. The van der Waals surface area contributed by atoms with Crippen molar-refractivity contribution in [2.45, 2.75) is 0 Å². The van der Waals surface area contributed by atoms with E-state index in [1.807, 2.05) is 12.1 Å². The van der Waals surface area contributed by atoms with E-state index in [4.69, 9.17) is 16.2 Å². The molecule has 92 valence electrons. The minimum Gasteiger partial charge on any atom is -0.437 e. The Morgan fingerprint density at radius 3 is 2.72 bits per heavy atom. The normalized spacial score (nSPS) is 10.1. The maximum absolute atomic E-state index is 11.3. The first kappa shape index (κ1) is 12.4. The third-order valence-electron chi connectivity index (χ3n) is 2.18. The summed E-state index contributed by atoms with van der Waals surface area (Å²) in [5, 5.41) is 0. The second-order valence-electron chi connectivity index (χ2n) is 3.52. The first-order chi connectivity index (χ1) is 8.58. The summed E-state index contributed by atoms with van der Waals surface area (Å²) in [6, 6.07) is 8.65. The van der Waals surface area contributed by atoms with E-state index in [9.17, 15) is 4.79 Å². The predicted octanol–water partition coefficient (Wildman–Crippen LogP) is 2.32. The minimum atomic E-state index is -0.642. The number of aromatic nitrogens is 1. The van der Waals surface area contributed by atoms with Gasteiger partial charge in [-0.3, -0.25) is 4.79 Å². The van der Waals surface area contributed by atoms with Gasteiger partial charge in [0.2, 0.25) is 5.88 Å². The van der Waals surface area contributed by atoms with Gasteiger partial charge in [0.15, 0.2) is 0 Å². The molecule has 0 atom stereocenters. The summed E-state index contributed by atoms with van der Waals surface area (Å²) in [5.41, 5.74) is 11.3. The lowest BCUT2D eigenvalue weighted by atomic mass is 10.2. The highest BCUT2D eigenvalue weighted by Gasteiger charge is 2.13. The summed E-state index contributed by atoms with van der Waals surface area (Å²) in [4.78, 5) is 15.3. The van der Waals surface area contributed by atoms with Gasteiger partial charge in [0.25, 0.3) is 5.91 Å². The van der Waals surface area contributed by atoms with E-state index in [0.717, 1.165) is 4.47 Å². The van der Waals surface area contributed by atoms with Crippen LogP contribution < -0.4 is 16.2 Å². The van der Waals surface area contributed by atoms with Crippen LogP contribution in [0.25, 0.3) is 0 Å². The molecule has 4 N–H and O–H groups in total. The van der Waals surface area contributed by atoms with Crippen LogP contribution in [0.4, 0.5) is 5.69 Å². The van der Waals surface area contributed by atoms with Crippen molar-refractivity contribution >= 4 is 27.5 Å². The van der Waals surface area contributed by atoms with Crippen molar-refractivity contribution in [3.8, 4) is 11.6 Å². The highest BCUT2D eigenvalue weighted by atomic mass is 79.9. The number of pyridine rings is 1. The molecule has 0 aliphatic heterocycles. The number of benzene rings is 1. The van der Waals surface area contributed by atoms with Crippen molar-refractivity contribution in [3.05, 3.63) is 46.6 Å². The fourth-order valence-electron chi connectivity index (χ4n) is 1.36. The number of carbonyl (C=O) groups excluding carboxylic acids is 1. The molecule has 1 amide bonds. The van der Waals surface area contributed by atoms with Crippen LogP contribution in [0.15, 0.2) is 41.0 Å². The average molecular weight is 308 g/mol. The van der Waals surface area contributed by atoms with Crippen molar-refractivity contribution in [1.29, 1.82) is 0 Å². The topological polar surface area (TPSA) is 91.2 Å². The molecule has 18 heavy (non-hydrogen) atoms. The SMILES string of the molecule is NC(=O)c1cc(N)cnc1Oc1ccccc1Br. The second-order valence-corrected chi connectivity index (χ2v) is 4.37. The standard InChI is InChI=1S/C12H10BrN3O2/c13-9-3-1-2-4-10(9)18-12-8(11(15)17)5-7(14)6-16-12/h1-6H,14H2,(H2,15,17). The molecule has 0 aliphatic carbocycles. The van der Waals surface area contributed by atoms with Crippen LogP contribution in [-0.2, 0) is 0 Å². The van der Waals surface area contributed by atoms with Crippen LogP contribution in [0.2, 0.25) is 0 Å². The minimum absolute atomic E-state index is 0.128. The first-order valence-electron chi connectivity index (χ1n) is 5.05. The zero-order valence-corrected chi connectivity index (χ0v) is 10.8. The fourth-order valence-corrected chi connectivity index (χ4v) is 1.72. The summed E-state index contributed by atoms with van der Waals surface area (Å²) < 4.78 is 6.29. The predicted molar refractivity (Wildman–Crippen MR) is 71.4 cm³/mol. The quantitative estimate of drug-likeness (QED) is 0.910. The smallest absolute Gasteiger partial charge is 0.254 e. The van der Waals surface area contributed by atoms with E-state index >= 15 is 0 Å². The largest absolute Gasteiger partial charge is 0.437 e. The van der Waals surface area contributed by atoms with Crippen LogP contribution in [-0.4, -0.2) is 10.9 Å². The Hall–Kier alpha value is -2.08. The molecule has 0 spiro atoms. The number of anilines is 1. The van der Waals surface area contributed by atoms with Crippen LogP contribution in [0.5, 0.6) is 11.6 Å². The summed E-state index contributed by atoms with van der Waals surface area (Å²) in [6.07, 6.45) is 1.40. The van der Waals surface area contributed by atoms with E-state index in [1.165, 1.54) is 12.3 Å². The number of nitrogen functional groups attached to an aromatic ring is 1. The van der Waals surface area contributed by atoms with Gasteiger partial charge in [-0.05, 0) is 34.1 Å². The Balaban J connectivity index is 2.41. The summed E-state index contributed by atoms with van der Waals surface area (Å²) in [6.45, 7) is 0. The van der Waals surface area contributed by atoms with Gasteiger partial charge in [0.1, 0.15) is 11.3 Å². The van der Waals surface area contributed by atoms with Crippen LogP contribution in [0.1, 0.15) is 10.4 Å². The van der Waals surface area contributed by atoms with Gasteiger partial charge in [-0.2, -0.15) is 0 Å². The molecule has 0 fully saturated rings. The molecule has 0 saturated carbocycles. The molecule has 0 saturated heterocycles. The molecule has 2 rings (SSSR count). The molecule has 5 nitrogen and oxygen atoms in total. The Morgan fingerprint density at radius 1 is 1.33 bits per heavy atom. The molecular formula is C12H10BrN3O2. The summed E-state index contributed by atoms with van der Waals surface area (Å²) in [7, 11) is 0. The lowest BCUT2D eigenvalue weighted by Gasteiger charge is -2.09. The van der Waals surface area contributed by atoms with Gasteiger partial charge in [-0.1, -0.05) is 12.1 Å². The van der Waals surface area contributed by atoms with Crippen molar-refractivity contribution in [2.75, 3.05) is 5.73 Å². The monoisotopic (exact) mass is 307 g/mol. The molecule has 2 aromatic rings. The number of halogens is 1. The average Bonchev–Trinajstić information content (AvgIpc) is 2.34. The van der Waals surface area contributed by atoms with Gasteiger partial charge in [-0.25, -0.2) is 4.98 Å². The molecular weight excluding hydrogens is 298 g/mol. The molecule has 0 bridgehead atoms. The van der Waals surface area contributed by atoms with E-state index in [0.29, 0.717) is 11.4 Å². The summed E-state index contributed by atoms with van der Waals surface area (Å²) >= 11 is 3.34. The molecule has 0 unspecified atom stereocenters. The Kier molecular flexibility index (Phi) is 3.47. The number of nitrogens with zero attached hydrogens (tertiary/aromatic N) is 1. The molecule has 0 radical (unpaired) electrons. The van der Waals surface area contributed by atoms with Crippen molar-refractivity contribution in [3.63, 3.8) is 0 Å². The van der Waals surface area contributed by atoms with Crippen LogP contribution in [0.3, 0.4) is 0 Å². The Bertz CT molecular complexity index is 602. The number of primary amides is 1. The van der Waals surface area contributed by atoms with E-state index in [1.54, 1.807) is 12.1 Å². The van der Waals surface area contributed by atoms with Crippen LogP contribution >= 0.6 is 15.9 Å². The van der Waals surface area contributed by atoms with E-state index < -0.39 is 5.91 Å². The van der Waals surface area contributed by atoms with Crippen molar-refractivity contribution in [2.24, 2.45) is 5.73 Å². The maximum Gasteiger partial charge on any atom is 0.254 e. The van der Waals surface area contributed by atoms with Crippen molar-refractivity contribution < 1.29 is 9.53 Å². The number of amides is 1. The zero-order valence-electron chi connectivity index (χ0n) is 9.26. The number of para-hydroxylation sites is 1. The number of nitrogens with two attached hydrogens (primary N) is 2. The molecule has 6 heteroatoms. The maximum atomic E-state index is 11.3. The van der Waals surface area contributed by atoms with Gasteiger partial charge in [-0.15, -0.1) is 0 Å². The first-order valence-corrected chi connectivity index (χ1v) is 5.85. The number of ether oxygens (including phenoxy) is 1. The number of hydrogen-bond acceptors (Lipinski definition) is 4. The third kappa shape index (κ3) is 2.60. The Labute approximate surface area is 112 Å². The van der Waals surface area contributed by atoms with Gasteiger partial charge < -0.3 is 16.2 Å². The highest BCUT2D eigenvalue weighted by Crippen LogP contribution is 2.30. The van der Waals surface area contributed by atoms with E-state index in [2.05, 4.69) is 20.9 Å². The zero-order chi connectivity index (χ0) is 13.1. The van der Waals surface area contributed by atoms with E-state index in [-0.39, 0.29) is 11.4 Å². The lowest BCUT2D eigenvalue weighted by molar-refractivity contribution is 0.0997. The number of carbonyl (C=O) groups is 1. The highest BCUT2D eigenvalue weighted by molar-refractivity contribution is 9.10.